The highest BCUT2D eigenvalue weighted by Crippen LogP contribution is 2.29. The Kier molecular flexibility index (Phi) is 3.55. The van der Waals surface area contributed by atoms with Crippen molar-refractivity contribution >= 4 is 38.5 Å². The normalized spacial score (nSPS) is 10.2. The number of pyridine rings is 1. The number of alkyl halides is 2. The van der Waals surface area contributed by atoms with Crippen molar-refractivity contribution in [1.29, 1.82) is 5.26 Å². The second kappa shape index (κ2) is 4.28. The number of rotatable bonds is 1. The van der Waals surface area contributed by atoms with Crippen molar-refractivity contribution in [2.75, 3.05) is 0 Å². The summed E-state index contributed by atoms with van der Waals surface area (Å²) in [5.41, 5.74) is -0.179. The van der Waals surface area contributed by atoms with Crippen LogP contribution in [0.5, 0.6) is 0 Å². The summed E-state index contributed by atoms with van der Waals surface area (Å²) < 4.78 is 25.3. The van der Waals surface area contributed by atoms with E-state index < -0.39 is 6.43 Å². The maximum Gasteiger partial charge on any atom is 0.265 e. The molecule has 1 heterocycles. The van der Waals surface area contributed by atoms with Crippen LogP contribution in [0.25, 0.3) is 0 Å². The molecule has 0 aliphatic rings. The Morgan fingerprint density at radius 3 is 2.69 bits per heavy atom. The average molecular weight is 359 g/mol. The molecule has 0 radical (unpaired) electrons. The second-order valence-corrected chi connectivity index (χ2v) is 3.94. The van der Waals surface area contributed by atoms with E-state index in [9.17, 15) is 8.78 Å². The fourth-order valence-corrected chi connectivity index (χ4v) is 1.66. The molecule has 0 atom stereocenters. The van der Waals surface area contributed by atoms with Gasteiger partial charge in [0.05, 0.1) is 3.57 Å². The predicted octanol–water partition coefficient (Wildman–Crippen LogP) is 3.26. The summed E-state index contributed by atoms with van der Waals surface area (Å²) in [7, 11) is 0. The fraction of sp³-hybridized carbons (Fsp3) is 0.143. The summed E-state index contributed by atoms with van der Waals surface area (Å²) in [4.78, 5) is 3.75. The topological polar surface area (TPSA) is 36.7 Å². The highest BCUT2D eigenvalue weighted by Gasteiger charge is 2.16. The van der Waals surface area contributed by atoms with Gasteiger partial charge >= 0.3 is 0 Å². The molecule has 1 rings (SSSR count). The van der Waals surface area contributed by atoms with Crippen molar-refractivity contribution in [2.24, 2.45) is 0 Å². The van der Waals surface area contributed by atoms with Crippen LogP contribution in [0.1, 0.15) is 17.7 Å². The Balaban J connectivity index is 3.35. The lowest BCUT2D eigenvalue weighted by atomic mass is 10.2. The molecular formula is C7H2BrF2IN2. The Morgan fingerprint density at radius 2 is 2.23 bits per heavy atom. The van der Waals surface area contributed by atoms with Crippen LogP contribution in [0.4, 0.5) is 8.78 Å². The average Bonchev–Trinajstić information content (AvgIpc) is 2.09. The van der Waals surface area contributed by atoms with E-state index >= 15 is 0 Å². The molecular weight excluding hydrogens is 357 g/mol. The molecule has 0 saturated heterocycles. The van der Waals surface area contributed by atoms with E-state index in [1.54, 1.807) is 28.7 Å². The second-order valence-electron chi connectivity index (χ2n) is 2.11. The van der Waals surface area contributed by atoms with Gasteiger partial charge in [-0.1, -0.05) is 0 Å². The standard InChI is InChI=1S/C7H2BrF2IN2/c8-6-5(11)4(7(9)10)1-3(2-12)13-6/h1,7H. The van der Waals surface area contributed by atoms with Gasteiger partial charge in [0, 0.05) is 5.56 Å². The molecule has 2 nitrogen and oxygen atoms in total. The van der Waals surface area contributed by atoms with E-state index in [1.807, 2.05) is 0 Å². The zero-order valence-corrected chi connectivity index (χ0v) is 9.80. The first-order valence-corrected chi connectivity index (χ1v) is 4.97. The molecule has 0 aromatic carbocycles. The molecule has 0 amide bonds. The van der Waals surface area contributed by atoms with Gasteiger partial charge < -0.3 is 0 Å². The largest absolute Gasteiger partial charge is 0.265 e. The first-order valence-electron chi connectivity index (χ1n) is 3.10. The number of nitriles is 1. The quantitative estimate of drug-likeness (QED) is 0.570. The van der Waals surface area contributed by atoms with E-state index in [0.717, 1.165) is 6.07 Å². The lowest BCUT2D eigenvalue weighted by Crippen LogP contribution is -1.96. The number of halogens is 4. The van der Waals surface area contributed by atoms with Crippen LogP contribution >= 0.6 is 38.5 Å². The smallest absolute Gasteiger partial charge is 0.229 e. The van der Waals surface area contributed by atoms with E-state index in [4.69, 9.17) is 5.26 Å². The molecule has 13 heavy (non-hydrogen) atoms. The summed E-state index contributed by atoms with van der Waals surface area (Å²) in [5.74, 6) is 0. The summed E-state index contributed by atoms with van der Waals surface area (Å²) in [6.45, 7) is 0. The third-order valence-electron chi connectivity index (χ3n) is 1.30. The zero-order chi connectivity index (χ0) is 10.0. The van der Waals surface area contributed by atoms with Crippen LogP contribution < -0.4 is 0 Å². The summed E-state index contributed by atoms with van der Waals surface area (Å²) >= 11 is 4.76. The molecule has 0 bridgehead atoms. The number of aromatic nitrogens is 1. The maximum atomic E-state index is 12.4. The van der Waals surface area contributed by atoms with Gasteiger partial charge in [-0.2, -0.15) is 5.26 Å². The molecule has 0 fully saturated rings. The monoisotopic (exact) mass is 358 g/mol. The van der Waals surface area contributed by atoms with Crippen molar-refractivity contribution in [3.05, 3.63) is 25.5 Å². The van der Waals surface area contributed by atoms with Crippen molar-refractivity contribution in [3.63, 3.8) is 0 Å². The highest BCUT2D eigenvalue weighted by molar-refractivity contribution is 14.1. The van der Waals surface area contributed by atoms with Gasteiger partial charge in [0.25, 0.3) is 6.43 Å². The zero-order valence-electron chi connectivity index (χ0n) is 6.06. The first-order chi connectivity index (χ1) is 6.06. The van der Waals surface area contributed by atoms with Crippen LogP contribution in [0, 0.1) is 14.9 Å². The van der Waals surface area contributed by atoms with E-state index in [1.165, 1.54) is 0 Å². The van der Waals surface area contributed by atoms with Gasteiger partial charge in [0.15, 0.2) is 0 Å². The van der Waals surface area contributed by atoms with Gasteiger partial charge in [-0.05, 0) is 44.6 Å². The van der Waals surface area contributed by atoms with Crippen molar-refractivity contribution < 1.29 is 8.78 Å². The summed E-state index contributed by atoms with van der Waals surface area (Å²) in [5, 5.41) is 8.48. The Morgan fingerprint density at radius 1 is 1.62 bits per heavy atom. The van der Waals surface area contributed by atoms with E-state index in [2.05, 4.69) is 20.9 Å². The van der Waals surface area contributed by atoms with Crippen molar-refractivity contribution in [3.8, 4) is 6.07 Å². The molecule has 0 aliphatic carbocycles. The molecule has 0 N–H and O–H groups in total. The lowest BCUT2D eigenvalue weighted by molar-refractivity contribution is 0.150. The molecule has 0 spiro atoms. The molecule has 0 unspecified atom stereocenters. The molecule has 68 valence electrons. The lowest BCUT2D eigenvalue weighted by Gasteiger charge is -2.04. The maximum absolute atomic E-state index is 12.4. The van der Waals surface area contributed by atoms with E-state index in [0.29, 0.717) is 3.57 Å². The number of hydrogen-bond donors (Lipinski definition) is 0. The number of hydrogen-bond acceptors (Lipinski definition) is 2. The molecule has 6 heteroatoms. The van der Waals surface area contributed by atoms with Gasteiger partial charge in [-0.3, -0.25) is 0 Å². The van der Waals surface area contributed by atoms with Crippen molar-refractivity contribution in [1.82, 2.24) is 4.98 Å². The third-order valence-corrected chi connectivity index (χ3v) is 3.74. The predicted molar refractivity (Wildman–Crippen MR) is 54.3 cm³/mol. The van der Waals surface area contributed by atoms with Crippen molar-refractivity contribution in [2.45, 2.75) is 6.43 Å². The van der Waals surface area contributed by atoms with Crippen LogP contribution in [-0.4, -0.2) is 4.98 Å². The summed E-state index contributed by atoms with van der Waals surface area (Å²) in [6.07, 6.45) is -2.58. The minimum absolute atomic E-state index is 0.0115. The van der Waals surface area contributed by atoms with Crippen LogP contribution in [0.3, 0.4) is 0 Å². The Bertz CT molecular complexity index is 375. The molecule has 1 aromatic rings. The van der Waals surface area contributed by atoms with E-state index in [-0.39, 0.29) is 15.9 Å². The van der Waals surface area contributed by atoms with Crippen LogP contribution in [0.2, 0.25) is 0 Å². The minimum atomic E-state index is -2.58. The number of nitrogens with zero attached hydrogens (tertiary/aromatic N) is 2. The highest BCUT2D eigenvalue weighted by atomic mass is 127. The third kappa shape index (κ3) is 2.34. The molecule has 0 aliphatic heterocycles. The summed E-state index contributed by atoms with van der Waals surface area (Å²) in [6, 6.07) is 2.81. The fourth-order valence-electron chi connectivity index (χ4n) is 0.733. The van der Waals surface area contributed by atoms with Crippen LogP contribution in [-0.2, 0) is 0 Å². The molecule has 1 aromatic heterocycles. The SMILES string of the molecule is N#Cc1cc(C(F)F)c(I)c(Br)n1. The van der Waals surface area contributed by atoms with Gasteiger partial charge in [-0.15, -0.1) is 0 Å². The van der Waals surface area contributed by atoms with Gasteiger partial charge in [-0.25, -0.2) is 13.8 Å². The Labute approximate surface area is 95.2 Å². The van der Waals surface area contributed by atoms with Gasteiger partial charge in [0.1, 0.15) is 16.4 Å². The Hall–Kier alpha value is -0.290. The first kappa shape index (κ1) is 10.8. The van der Waals surface area contributed by atoms with Crippen LogP contribution in [0.15, 0.2) is 10.7 Å². The minimum Gasteiger partial charge on any atom is -0.229 e. The van der Waals surface area contributed by atoms with Gasteiger partial charge in [0.2, 0.25) is 0 Å². The molecule has 0 saturated carbocycles.